The summed E-state index contributed by atoms with van der Waals surface area (Å²) in [5.74, 6) is -0.450. The molecule has 0 fully saturated rings. The average molecular weight is 409 g/mol. The lowest BCUT2D eigenvalue weighted by Crippen LogP contribution is -2.01. The maximum Gasteiger partial charge on any atom is 0.185 e. The first kappa shape index (κ1) is 19.0. The Bertz CT molecular complexity index is 1230. The van der Waals surface area contributed by atoms with E-state index in [-0.39, 0.29) is 39.3 Å². The molecule has 6 nitrogen and oxygen atoms in total. The van der Waals surface area contributed by atoms with Crippen LogP contribution in [0.1, 0.15) is 30.3 Å². The van der Waals surface area contributed by atoms with Gasteiger partial charge in [-0.2, -0.15) is 0 Å². The second-order valence-electron chi connectivity index (χ2n) is 6.64. The summed E-state index contributed by atoms with van der Waals surface area (Å²) in [6.07, 6.45) is 2.69. The van der Waals surface area contributed by atoms with Gasteiger partial charge in [-0.3, -0.25) is 9.78 Å². The fourth-order valence-corrected chi connectivity index (χ4v) is 3.41. The summed E-state index contributed by atoms with van der Waals surface area (Å²) < 4.78 is 5.50. The topological polar surface area (TPSA) is 96.5 Å². The first-order valence-electron chi connectivity index (χ1n) is 9.09. The maximum absolute atomic E-state index is 12.7. The van der Waals surface area contributed by atoms with Crippen molar-refractivity contribution in [1.29, 1.82) is 0 Å². The van der Waals surface area contributed by atoms with E-state index in [1.54, 1.807) is 6.20 Å². The van der Waals surface area contributed by atoms with Gasteiger partial charge >= 0.3 is 0 Å². The number of fused-ring (bicyclic) bond motifs is 1. The Balaban J connectivity index is 1.98. The summed E-state index contributed by atoms with van der Waals surface area (Å²) in [6, 6.07) is 11.8. The molecular weight excluding hydrogens is 392 g/mol. The molecule has 2 aromatic carbocycles. The molecule has 0 radical (unpaired) electrons. The molecular formula is C22H17ClN2O4. The minimum absolute atomic E-state index is 0.0456. The number of pyridine rings is 1. The van der Waals surface area contributed by atoms with E-state index in [2.05, 4.69) is 10.1 Å². The number of benzene rings is 2. The van der Waals surface area contributed by atoms with Crippen LogP contribution in [0, 0.1) is 0 Å². The van der Waals surface area contributed by atoms with Gasteiger partial charge in [-0.15, -0.1) is 0 Å². The fourth-order valence-electron chi connectivity index (χ4n) is 3.24. The van der Waals surface area contributed by atoms with Crippen LogP contribution >= 0.6 is 11.6 Å². The van der Waals surface area contributed by atoms with E-state index in [1.807, 2.05) is 37.3 Å². The van der Waals surface area contributed by atoms with Gasteiger partial charge in [0.15, 0.2) is 17.2 Å². The molecule has 29 heavy (non-hydrogen) atoms. The molecule has 0 saturated carbocycles. The van der Waals surface area contributed by atoms with Crippen molar-refractivity contribution in [1.82, 2.24) is 10.1 Å². The highest BCUT2D eigenvalue weighted by Gasteiger charge is 2.26. The zero-order chi connectivity index (χ0) is 20.5. The number of carbonyl (C=O) groups excluding carboxylic acids is 1. The summed E-state index contributed by atoms with van der Waals surface area (Å²) in [6.45, 7) is 1.91. The highest BCUT2D eigenvalue weighted by Crippen LogP contribution is 2.43. The Morgan fingerprint density at radius 3 is 2.76 bits per heavy atom. The van der Waals surface area contributed by atoms with E-state index in [1.165, 1.54) is 6.07 Å². The van der Waals surface area contributed by atoms with E-state index in [0.29, 0.717) is 24.0 Å². The fraction of sp³-hybridized carbons (Fsp3) is 0.136. The second-order valence-corrected chi connectivity index (χ2v) is 7.05. The van der Waals surface area contributed by atoms with Crippen LogP contribution in [0.4, 0.5) is 0 Å². The van der Waals surface area contributed by atoms with Crippen LogP contribution in [0.25, 0.3) is 33.4 Å². The van der Waals surface area contributed by atoms with Gasteiger partial charge in [0.2, 0.25) is 0 Å². The number of hydrogen-bond acceptors (Lipinski definition) is 6. The quantitative estimate of drug-likeness (QED) is 0.417. The first-order valence-corrected chi connectivity index (χ1v) is 9.47. The molecule has 0 spiro atoms. The lowest BCUT2D eigenvalue weighted by atomic mass is 9.95. The van der Waals surface area contributed by atoms with Crippen LogP contribution in [0.2, 0.25) is 5.02 Å². The van der Waals surface area contributed by atoms with Crippen LogP contribution in [0.15, 0.2) is 53.2 Å². The molecule has 0 aliphatic heterocycles. The zero-order valence-corrected chi connectivity index (χ0v) is 16.3. The van der Waals surface area contributed by atoms with Crippen LogP contribution in [-0.4, -0.2) is 26.1 Å². The van der Waals surface area contributed by atoms with Crippen LogP contribution in [0.5, 0.6) is 11.5 Å². The number of phenols is 2. The van der Waals surface area contributed by atoms with Crippen molar-refractivity contribution in [2.45, 2.75) is 19.8 Å². The molecule has 0 bridgehead atoms. The Morgan fingerprint density at radius 1 is 1.14 bits per heavy atom. The van der Waals surface area contributed by atoms with Gasteiger partial charge in [0, 0.05) is 24.1 Å². The van der Waals surface area contributed by atoms with Crippen molar-refractivity contribution in [2.75, 3.05) is 0 Å². The van der Waals surface area contributed by atoms with Gasteiger partial charge in [-0.25, -0.2) is 0 Å². The number of hydrogen-bond donors (Lipinski definition) is 2. The minimum Gasteiger partial charge on any atom is -0.507 e. The van der Waals surface area contributed by atoms with Crippen LogP contribution in [0.3, 0.4) is 0 Å². The molecule has 0 unspecified atom stereocenters. The molecule has 4 rings (SSSR count). The molecule has 0 saturated heterocycles. The molecule has 0 aliphatic carbocycles. The Morgan fingerprint density at radius 2 is 1.97 bits per heavy atom. The van der Waals surface area contributed by atoms with Gasteiger partial charge in [-0.1, -0.05) is 35.8 Å². The number of nitrogens with zero attached hydrogens (tertiary/aromatic N) is 2. The van der Waals surface area contributed by atoms with Crippen molar-refractivity contribution in [3.8, 4) is 33.9 Å². The van der Waals surface area contributed by atoms with Gasteiger partial charge in [-0.05, 0) is 36.2 Å². The number of ketones is 1. The van der Waals surface area contributed by atoms with Crippen molar-refractivity contribution >= 4 is 28.3 Å². The zero-order valence-electron chi connectivity index (χ0n) is 15.5. The third-order valence-corrected chi connectivity index (χ3v) is 4.94. The van der Waals surface area contributed by atoms with Crippen molar-refractivity contribution in [2.24, 2.45) is 0 Å². The number of Topliss-reactive ketones (excluding diaryl/α,β-unsaturated/α-hetero) is 1. The van der Waals surface area contributed by atoms with E-state index in [0.717, 1.165) is 17.0 Å². The smallest absolute Gasteiger partial charge is 0.185 e. The SMILES string of the molecule is CCCC(=O)c1noc(-c2cc(Cl)c(O)cc2O)c1-c1ccc2ncccc2c1. The predicted molar refractivity (Wildman–Crippen MR) is 110 cm³/mol. The number of rotatable bonds is 5. The van der Waals surface area contributed by atoms with E-state index in [9.17, 15) is 15.0 Å². The maximum atomic E-state index is 12.7. The molecule has 0 amide bonds. The predicted octanol–water partition coefficient (Wildman–Crippen LogP) is 5.60. The monoisotopic (exact) mass is 408 g/mol. The van der Waals surface area contributed by atoms with Gasteiger partial charge in [0.05, 0.1) is 21.7 Å². The molecule has 0 aliphatic rings. The molecule has 2 N–H and O–H groups in total. The van der Waals surface area contributed by atoms with Gasteiger partial charge in [0.25, 0.3) is 0 Å². The van der Waals surface area contributed by atoms with Crippen molar-refractivity contribution in [3.05, 3.63) is 59.4 Å². The van der Waals surface area contributed by atoms with E-state index in [4.69, 9.17) is 16.1 Å². The molecule has 0 atom stereocenters. The highest BCUT2D eigenvalue weighted by molar-refractivity contribution is 6.32. The van der Waals surface area contributed by atoms with E-state index >= 15 is 0 Å². The summed E-state index contributed by atoms with van der Waals surface area (Å²) in [5, 5.41) is 25.0. The number of phenolic OH excluding ortho intramolecular Hbond substituents is 2. The van der Waals surface area contributed by atoms with Crippen LogP contribution < -0.4 is 0 Å². The molecule has 2 heterocycles. The minimum atomic E-state index is -0.256. The molecule has 4 aromatic rings. The van der Waals surface area contributed by atoms with E-state index < -0.39 is 0 Å². The van der Waals surface area contributed by atoms with Crippen molar-refractivity contribution in [3.63, 3.8) is 0 Å². The number of aromatic nitrogens is 2. The normalized spacial score (nSPS) is 11.1. The summed E-state index contributed by atoms with van der Waals surface area (Å²) >= 11 is 6.03. The lowest BCUT2D eigenvalue weighted by Gasteiger charge is -2.08. The van der Waals surface area contributed by atoms with Gasteiger partial charge in [0.1, 0.15) is 11.5 Å². The lowest BCUT2D eigenvalue weighted by molar-refractivity contribution is 0.0973. The number of halogens is 1. The third kappa shape index (κ3) is 3.43. The highest BCUT2D eigenvalue weighted by atomic mass is 35.5. The standard InChI is InChI=1S/C22H17ClN2O4/c1-2-4-17(26)21-20(13-6-7-16-12(9-13)5-3-8-24-16)22(29-25-21)14-10-15(23)19(28)11-18(14)27/h3,5-11,27-28H,2,4H2,1H3. The summed E-state index contributed by atoms with van der Waals surface area (Å²) in [7, 11) is 0. The van der Waals surface area contributed by atoms with Gasteiger partial charge < -0.3 is 14.7 Å². The Hall–Kier alpha value is -3.38. The van der Waals surface area contributed by atoms with Crippen molar-refractivity contribution < 1.29 is 19.5 Å². The largest absolute Gasteiger partial charge is 0.507 e. The average Bonchev–Trinajstić information content (AvgIpc) is 3.15. The molecule has 7 heteroatoms. The first-order chi connectivity index (χ1) is 14.0. The summed E-state index contributed by atoms with van der Waals surface area (Å²) in [5.41, 5.74) is 2.40. The number of aromatic hydroxyl groups is 2. The second kappa shape index (κ2) is 7.56. The Kier molecular flexibility index (Phi) is 4.94. The van der Waals surface area contributed by atoms with Crippen LogP contribution in [-0.2, 0) is 0 Å². The molecule has 146 valence electrons. The number of carbonyl (C=O) groups is 1. The molecule has 2 aromatic heterocycles. The summed E-state index contributed by atoms with van der Waals surface area (Å²) in [4.78, 5) is 17.0. The Labute approximate surface area is 171 Å². The third-order valence-electron chi connectivity index (χ3n) is 4.63.